The molecule has 2 aromatic heterocycles. The molecule has 2 heterocycles. The molecule has 2 rings (SSSR count). The fourth-order valence-corrected chi connectivity index (χ4v) is 3.14. The van der Waals surface area contributed by atoms with E-state index in [-0.39, 0.29) is 11.2 Å². The highest BCUT2D eigenvalue weighted by molar-refractivity contribution is 8.00. The summed E-state index contributed by atoms with van der Waals surface area (Å²) in [5.41, 5.74) is 0. The van der Waals surface area contributed by atoms with Gasteiger partial charge in [0.15, 0.2) is 0 Å². The number of thioether (sulfide) groups is 1. The number of nitrogens with zero attached hydrogens (tertiary/aromatic N) is 1. The van der Waals surface area contributed by atoms with E-state index < -0.39 is 0 Å². The van der Waals surface area contributed by atoms with Crippen LogP contribution in [0.5, 0.6) is 0 Å². The molecule has 1 amide bonds. The molecule has 0 aromatic carbocycles. The molecule has 0 aliphatic carbocycles. The molecule has 0 aliphatic rings. The Morgan fingerprint density at radius 3 is 3.05 bits per heavy atom. The number of hydrogen-bond donors (Lipinski definition) is 1. The zero-order valence-corrected chi connectivity index (χ0v) is 12.7. The highest BCUT2D eigenvalue weighted by Crippen LogP contribution is 2.27. The Hall–Kier alpha value is -1.04. The lowest BCUT2D eigenvalue weighted by Crippen LogP contribution is -2.30. The molecule has 2 aromatic rings. The van der Waals surface area contributed by atoms with E-state index in [2.05, 4.69) is 10.3 Å². The number of pyridine rings is 1. The third-order valence-electron chi connectivity index (χ3n) is 2.40. The summed E-state index contributed by atoms with van der Waals surface area (Å²) < 4.78 is 0. The summed E-state index contributed by atoms with van der Waals surface area (Å²) in [5, 5.41) is 5.93. The summed E-state index contributed by atoms with van der Waals surface area (Å²) in [6, 6.07) is 7.51. The van der Waals surface area contributed by atoms with Crippen LogP contribution in [0.4, 0.5) is 0 Å². The van der Waals surface area contributed by atoms with Crippen molar-refractivity contribution in [2.24, 2.45) is 0 Å². The van der Waals surface area contributed by atoms with Crippen LogP contribution in [0.2, 0.25) is 5.02 Å². The van der Waals surface area contributed by atoms with Gasteiger partial charge in [0.25, 0.3) is 0 Å². The van der Waals surface area contributed by atoms with Crippen molar-refractivity contribution in [2.75, 3.05) is 0 Å². The number of aromatic nitrogens is 1. The highest BCUT2D eigenvalue weighted by atomic mass is 35.5. The minimum Gasteiger partial charge on any atom is -0.350 e. The van der Waals surface area contributed by atoms with Gasteiger partial charge < -0.3 is 5.32 Å². The summed E-state index contributed by atoms with van der Waals surface area (Å²) in [6.45, 7) is 2.41. The molecule has 1 N–H and O–H groups in total. The summed E-state index contributed by atoms with van der Waals surface area (Å²) in [4.78, 5) is 17.3. The van der Waals surface area contributed by atoms with E-state index in [0.717, 1.165) is 4.88 Å². The quantitative estimate of drug-likeness (QED) is 0.858. The van der Waals surface area contributed by atoms with E-state index in [1.807, 2.05) is 24.4 Å². The van der Waals surface area contributed by atoms with Gasteiger partial charge in [0.1, 0.15) is 5.03 Å². The Labute approximate surface area is 125 Å². The van der Waals surface area contributed by atoms with Gasteiger partial charge in [0.05, 0.1) is 16.8 Å². The lowest BCUT2D eigenvalue weighted by Gasteiger charge is -2.11. The maximum atomic E-state index is 12.0. The number of carbonyl (C=O) groups is 1. The lowest BCUT2D eigenvalue weighted by atomic mass is 10.4. The van der Waals surface area contributed by atoms with Crippen LogP contribution >= 0.6 is 34.7 Å². The molecule has 0 saturated carbocycles. The number of carbonyl (C=O) groups excluding carboxylic acids is 1. The molecule has 0 aliphatic heterocycles. The zero-order valence-electron chi connectivity index (χ0n) is 10.3. The number of amides is 1. The van der Waals surface area contributed by atoms with E-state index in [1.165, 1.54) is 11.8 Å². The van der Waals surface area contributed by atoms with Gasteiger partial charge >= 0.3 is 0 Å². The van der Waals surface area contributed by atoms with Crippen molar-refractivity contribution in [3.8, 4) is 0 Å². The third kappa shape index (κ3) is 4.23. The number of rotatable bonds is 5. The number of thiophene rings is 1. The molecule has 0 spiro atoms. The van der Waals surface area contributed by atoms with Crippen molar-refractivity contribution in [3.05, 3.63) is 45.7 Å². The van der Waals surface area contributed by atoms with Crippen molar-refractivity contribution in [3.63, 3.8) is 0 Å². The Morgan fingerprint density at radius 1 is 1.53 bits per heavy atom. The molecule has 0 saturated heterocycles. The van der Waals surface area contributed by atoms with Crippen LogP contribution < -0.4 is 5.32 Å². The summed E-state index contributed by atoms with van der Waals surface area (Å²) in [6.07, 6.45) is 1.67. The van der Waals surface area contributed by atoms with Crippen molar-refractivity contribution < 1.29 is 4.79 Å². The number of halogens is 1. The first-order valence-electron chi connectivity index (χ1n) is 5.74. The van der Waals surface area contributed by atoms with Crippen LogP contribution in [0.1, 0.15) is 11.8 Å². The van der Waals surface area contributed by atoms with E-state index in [4.69, 9.17) is 11.6 Å². The maximum Gasteiger partial charge on any atom is 0.233 e. The van der Waals surface area contributed by atoms with Gasteiger partial charge in [-0.3, -0.25) is 4.79 Å². The SMILES string of the molecule is C[C@@H](Sc1ncccc1Cl)C(=O)NCc1cccs1. The molecule has 0 fully saturated rings. The Bertz CT molecular complexity index is 545. The van der Waals surface area contributed by atoms with Gasteiger partial charge in [-0.15, -0.1) is 11.3 Å². The second-order valence-corrected chi connectivity index (χ2v) is 6.62. The third-order valence-corrected chi connectivity index (χ3v) is 4.81. The average Bonchev–Trinajstić information content (AvgIpc) is 2.91. The molecule has 0 bridgehead atoms. The zero-order chi connectivity index (χ0) is 13.7. The van der Waals surface area contributed by atoms with Crippen LogP contribution in [0.25, 0.3) is 0 Å². The van der Waals surface area contributed by atoms with Crippen molar-refractivity contribution in [1.82, 2.24) is 10.3 Å². The monoisotopic (exact) mass is 312 g/mol. The topological polar surface area (TPSA) is 42.0 Å². The molecule has 3 nitrogen and oxygen atoms in total. The first kappa shape index (κ1) is 14.4. The smallest absolute Gasteiger partial charge is 0.233 e. The molecule has 0 unspecified atom stereocenters. The first-order chi connectivity index (χ1) is 9.16. The lowest BCUT2D eigenvalue weighted by molar-refractivity contribution is -0.120. The Balaban J connectivity index is 1.87. The minimum atomic E-state index is -0.229. The van der Waals surface area contributed by atoms with Gasteiger partial charge in [-0.2, -0.15) is 0 Å². The molecule has 100 valence electrons. The minimum absolute atomic E-state index is 0.0138. The second-order valence-electron chi connectivity index (χ2n) is 3.85. The molecular weight excluding hydrogens is 300 g/mol. The molecule has 19 heavy (non-hydrogen) atoms. The second kappa shape index (κ2) is 6.93. The van der Waals surface area contributed by atoms with Crippen LogP contribution in [0.15, 0.2) is 40.9 Å². The number of nitrogens with one attached hydrogen (secondary N) is 1. The normalized spacial score (nSPS) is 12.1. The van der Waals surface area contributed by atoms with E-state index >= 15 is 0 Å². The van der Waals surface area contributed by atoms with Gasteiger partial charge in [0, 0.05) is 11.1 Å². The fraction of sp³-hybridized carbons (Fsp3) is 0.231. The van der Waals surface area contributed by atoms with E-state index in [9.17, 15) is 4.79 Å². The summed E-state index contributed by atoms with van der Waals surface area (Å²) >= 11 is 9.01. The fourth-order valence-electron chi connectivity index (χ4n) is 1.41. The highest BCUT2D eigenvalue weighted by Gasteiger charge is 2.16. The van der Waals surface area contributed by atoms with Crippen molar-refractivity contribution >= 4 is 40.6 Å². The molecule has 1 atom stereocenters. The van der Waals surface area contributed by atoms with Crippen LogP contribution in [-0.2, 0) is 11.3 Å². The van der Waals surface area contributed by atoms with Gasteiger partial charge in [-0.05, 0) is 30.5 Å². The molecular formula is C13H13ClN2OS2. The summed E-state index contributed by atoms with van der Waals surface area (Å²) in [7, 11) is 0. The molecule has 0 radical (unpaired) electrons. The Kier molecular flexibility index (Phi) is 5.24. The first-order valence-corrected chi connectivity index (χ1v) is 7.88. The largest absolute Gasteiger partial charge is 0.350 e. The van der Waals surface area contributed by atoms with E-state index in [1.54, 1.807) is 29.7 Å². The number of hydrogen-bond acceptors (Lipinski definition) is 4. The van der Waals surface area contributed by atoms with Gasteiger partial charge in [-0.25, -0.2) is 4.98 Å². The van der Waals surface area contributed by atoms with Crippen LogP contribution in [0.3, 0.4) is 0 Å². The standard InChI is InChI=1S/C13H13ClN2OS2/c1-9(19-13-11(14)5-2-6-15-13)12(17)16-8-10-4-3-7-18-10/h2-7,9H,8H2,1H3,(H,16,17)/t9-/m1/s1. The van der Waals surface area contributed by atoms with Gasteiger partial charge in [0.2, 0.25) is 5.91 Å². The van der Waals surface area contributed by atoms with Gasteiger partial charge in [-0.1, -0.05) is 29.4 Å². The summed E-state index contributed by atoms with van der Waals surface area (Å²) in [5.74, 6) is -0.0138. The van der Waals surface area contributed by atoms with Crippen LogP contribution in [0, 0.1) is 0 Å². The van der Waals surface area contributed by atoms with Crippen LogP contribution in [-0.4, -0.2) is 16.1 Å². The van der Waals surface area contributed by atoms with Crippen molar-refractivity contribution in [1.29, 1.82) is 0 Å². The maximum absolute atomic E-state index is 12.0. The average molecular weight is 313 g/mol. The Morgan fingerprint density at radius 2 is 2.37 bits per heavy atom. The predicted octanol–water partition coefficient (Wildman–Crippen LogP) is 3.59. The molecule has 6 heteroatoms. The predicted molar refractivity (Wildman–Crippen MR) is 80.7 cm³/mol. The van der Waals surface area contributed by atoms with Crippen molar-refractivity contribution in [2.45, 2.75) is 23.7 Å². The van der Waals surface area contributed by atoms with E-state index in [0.29, 0.717) is 16.6 Å².